The van der Waals surface area contributed by atoms with Gasteiger partial charge in [-0.3, -0.25) is 9.58 Å². The predicted octanol–water partition coefficient (Wildman–Crippen LogP) is 1.80. The van der Waals surface area contributed by atoms with Crippen LogP contribution in [0.3, 0.4) is 0 Å². The zero-order valence-corrected chi connectivity index (χ0v) is 12.8. The minimum atomic E-state index is 0.646. The van der Waals surface area contributed by atoms with Crippen LogP contribution in [0, 0.1) is 5.92 Å². The van der Waals surface area contributed by atoms with Gasteiger partial charge in [-0.15, -0.1) is 0 Å². The fourth-order valence-corrected chi connectivity index (χ4v) is 2.89. The molecule has 0 amide bonds. The third-order valence-electron chi connectivity index (χ3n) is 3.87. The highest BCUT2D eigenvalue weighted by atomic mass is 15.3. The molecule has 19 heavy (non-hydrogen) atoms. The van der Waals surface area contributed by atoms with Gasteiger partial charge >= 0.3 is 0 Å². The number of aryl methyl sites for hydroxylation is 2. The standard InChI is InChI=1S/C15H28N4/c1-5-13-9-15(18(4)17-13)11-19-7-6-16-14(10-19)8-12(2)3/h9,12,14,16H,5-8,10-11H2,1-4H3. The fraction of sp³-hybridized carbons (Fsp3) is 0.800. The highest BCUT2D eigenvalue weighted by Gasteiger charge is 2.21. The van der Waals surface area contributed by atoms with Crippen molar-refractivity contribution in [2.45, 2.75) is 46.2 Å². The molecule has 1 aliphatic rings. The van der Waals surface area contributed by atoms with Crippen LogP contribution in [-0.4, -0.2) is 40.4 Å². The van der Waals surface area contributed by atoms with Crippen LogP contribution in [0.1, 0.15) is 38.6 Å². The lowest BCUT2D eigenvalue weighted by Crippen LogP contribution is -2.50. The summed E-state index contributed by atoms with van der Waals surface area (Å²) < 4.78 is 2.04. The topological polar surface area (TPSA) is 33.1 Å². The van der Waals surface area contributed by atoms with E-state index in [4.69, 9.17) is 0 Å². The third-order valence-corrected chi connectivity index (χ3v) is 3.87. The lowest BCUT2D eigenvalue weighted by molar-refractivity contribution is 0.176. The number of nitrogens with zero attached hydrogens (tertiary/aromatic N) is 3. The van der Waals surface area contributed by atoms with E-state index in [0.717, 1.165) is 38.5 Å². The van der Waals surface area contributed by atoms with E-state index in [9.17, 15) is 0 Å². The van der Waals surface area contributed by atoms with Crippen LogP contribution in [-0.2, 0) is 20.0 Å². The van der Waals surface area contributed by atoms with Crippen LogP contribution in [0.5, 0.6) is 0 Å². The molecule has 0 bridgehead atoms. The van der Waals surface area contributed by atoms with Crippen molar-refractivity contribution < 1.29 is 0 Å². The van der Waals surface area contributed by atoms with Crippen LogP contribution in [0.25, 0.3) is 0 Å². The first-order valence-electron chi connectivity index (χ1n) is 7.56. The number of piperazine rings is 1. The summed E-state index contributed by atoms with van der Waals surface area (Å²) in [5.74, 6) is 0.765. The molecule has 2 heterocycles. The van der Waals surface area contributed by atoms with Crippen molar-refractivity contribution in [1.29, 1.82) is 0 Å². The molecular formula is C15H28N4. The highest BCUT2D eigenvalue weighted by molar-refractivity contribution is 5.10. The molecule has 1 fully saturated rings. The van der Waals surface area contributed by atoms with Gasteiger partial charge in [0.15, 0.2) is 0 Å². The van der Waals surface area contributed by atoms with E-state index in [-0.39, 0.29) is 0 Å². The van der Waals surface area contributed by atoms with Crippen LogP contribution >= 0.6 is 0 Å². The van der Waals surface area contributed by atoms with E-state index in [0.29, 0.717) is 6.04 Å². The van der Waals surface area contributed by atoms with E-state index in [1.165, 1.54) is 17.8 Å². The van der Waals surface area contributed by atoms with Crippen LogP contribution in [0.2, 0.25) is 0 Å². The molecule has 108 valence electrons. The number of hydrogen-bond donors (Lipinski definition) is 1. The summed E-state index contributed by atoms with van der Waals surface area (Å²) in [5.41, 5.74) is 2.54. The van der Waals surface area contributed by atoms with Crippen LogP contribution in [0.4, 0.5) is 0 Å². The van der Waals surface area contributed by atoms with Gasteiger partial charge in [-0.1, -0.05) is 20.8 Å². The second-order valence-corrected chi connectivity index (χ2v) is 6.12. The molecule has 1 aromatic rings. The molecule has 0 spiro atoms. The molecule has 1 saturated heterocycles. The summed E-state index contributed by atoms with van der Waals surface area (Å²) >= 11 is 0. The Labute approximate surface area is 117 Å². The van der Waals surface area contributed by atoms with E-state index in [1.807, 2.05) is 4.68 Å². The van der Waals surface area contributed by atoms with Gasteiger partial charge in [-0.25, -0.2) is 0 Å². The molecule has 0 radical (unpaired) electrons. The Hall–Kier alpha value is -0.870. The van der Waals surface area contributed by atoms with Gasteiger partial charge < -0.3 is 5.32 Å². The zero-order valence-electron chi connectivity index (χ0n) is 12.8. The first-order chi connectivity index (χ1) is 9.08. The first kappa shape index (κ1) is 14.5. The molecule has 4 heteroatoms. The Morgan fingerprint density at radius 3 is 2.89 bits per heavy atom. The summed E-state index contributed by atoms with van der Waals surface area (Å²) in [5, 5.41) is 8.17. The molecule has 1 N–H and O–H groups in total. The maximum absolute atomic E-state index is 4.54. The maximum atomic E-state index is 4.54. The van der Waals surface area contributed by atoms with E-state index < -0.39 is 0 Å². The van der Waals surface area contributed by atoms with Crippen molar-refractivity contribution >= 4 is 0 Å². The lowest BCUT2D eigenvalue weighted by atomic mass is 10.0. The number of rotatable bonds is 5. The quantitative estimate of drug-likeness (QED) is 0.880. The van der Waals surface area contributed by atoms with Crippen molar-refractivity contribution in [3.63, 3.8) is 0 Å². The van der Waals surface area contributed by atoms with Gasteiger partial charge in [0.1, 0.15) is 0 Å². The van der Waals surface area contributed by atoms with Gasteiger partial charge in [0.05, 0.1) is 11.4 Å². The Morgan fingerprint density at radius 2 is 2.26 bits per heavy atom. The average Bonchev–Trinajstić information content (AvgIpc) is 2.70. The summed E-state index contributed by atoms with van der Waals surface area (Å²) in [7, 11) is 2.06. The summed E-state index contributed by atoms with van der Waals surface area (Å²) in [4.78, 5) is 2.56. The van der Waals surface area contributed by atoms with Crippen molar-refractivity contribution in [3.05, 3.63) is 17.5 Å². The molecule has 1 atom stereocenters. The van der Waals surface area contributed by atoms with Crippen LogP contribution < -0.4 is 5.32 Å². The van der Waals surface area contributed by atoms with Crippen molar-refractivity contribution in [2.24, 2.45) is 13.0 Å². The highest BCUT2D eigenvalue weighted by Crippen LogP contribution is 2.13. The molecule has 1 aliphatic heterocycles. The minimum Gasteiger partial charge on any atom is -0.311 e. The lowest BCUT2D eigenvalue weighted by Gasteiger charge is -2.34. The fourth-order valence-electron chi connectivity index (χ4n) is 2.89. The normalized spacial score (nSPS) is 21.2. The molecule has 2 rings (SSSR count). The van der Waals surface area contributed by atoms with Gasteiger partial charge in [-0.05, 0) is 24.8 Å². The third kappa shape index (κ3) is 4.05. The second-order valence-electron chi connectivity index (χ2n) is 6.12. The van der Waals surface area contributed by atoms with Crippen LogP contribution in [0.15, 0.2) is 6.07 Å². The Balaban J connectivity index is 1.92. The van der Waals surface area contributed by atoms with Gasteiger partial charge in [0.25, 0.3) is 0 Å². The monoisotopic (exact) mass is 264 g/mol. The van der Waals surface area contributed by atoms with Crippen molar-refractivity contribution in [1.82, 2.24) is 20.0 Å². The number of nitrogens with one attached hydrogen (secondary N) is 1. The van der Waals surface area contributed by atoms with Crippen molar-refractivity contribution in [2.75, 3.05) is 19.6 Å². The van der Waals surface area contributed by atoms with Crippen molar-refractivity contribution in [3.8, 4) is 0 Å². The predicted molar refractivity (Wildman–Crippen MR) is 79.1 cm³/mol. The maximum Gasteiger partial charge on any atom is 0.0625 e. The summed E-state index contributed by atoms with van der Waals surface area (Å²) in [6.07, 6.45) is 2.29. The summed E-state index contributed by atoms with van der Waals surface area (Å²) in [6, 6.07) is 2.90. The van der Waals surface area contributed by atoms with E-state index in [2.05, 4.69) is 49.2 Å². The second kappa shape index (κ2) is 6.53. The summed E-state index contributed by atoms with van der Waals surface area (Å²) in [6.45, 7) is 11.2. The molecule has 1 unspecified atom stereocenters. The molecular weight excluding hydrogens is 236 g/mol. The first-order valence-corrected chi connectivity index (χ1v) is 7.56. The van der Waals surface area contributed by atoms with E-state index in [1.54, 1.807) is 0 Å². The largest absolute Gasteiger partial charge is 0.311 e. The molecule has 1 aromatic heterocycles. The molecule has 4 nitrogen and oxygen atoms in total. The Morgan fingerprint density at radius 1 is 1.47 bits per heavy atom. The number of hydrogen-bond acceptors (Lipinski definition) is 3. The van der Waals surface area contributed by atoms with Gasteiger partial charge in [0.2, 0.25) is 0 Å². The Bertz CT molecular complexity index is 397. The Kier molecular flexibility index (Phi) is 4.99. The molecule has 0 aliphatic carbocycles. The SMILES string of the molecule is CCc1cc(CN2CCNC(CC(C)C)C2)n(C)n1. The average molecular weight is 264 g/mol. The molecule has 0 aromatic carbocycles. The zero-order chi connectivity index (χ0) is 13.8. The number of aromatic nitrogens is 2. The minimum absolute atomic E-state index is 0.646. The smallest absolute Gasteiger partial charge is 0.0625 e. The van der Waals surface area contributed by atoms with E-state index >= 15 is 0 Å². The molecule has 0 saturated carbocycles. The van der Waals surface area contributed by atoms with Gasteiger partial charge in [-0.2, -0.15) is 5.10 Å². The van der Waals surface area contributed by atoms with Gasteiger partial charge in [0, 0.05) is 39.3 Å².